The van der Waals surface area contributed by atoms with Crippen molar-refractivity contribution in [3.63, 3.8) is 0 Å². The largest absolute Gasteiger partial charge is 0.366 e. The average molecular weight is 299 g/mol. The fourth-order valence-corrected chi connectivity index (χ4v) is 3.35. The van der Waals surface area contributed by atoms with Gasteiger partial charge in [0.2, 0.25) is 0 Å². The molecular formula is C14H21NO4S. The molecule has 2 atom stereocenters. The number of benzene rings is 1. The highest BCUT2D eigenvalue weighted by Crippen LogP contribution is 2.24. The molecule has 2 rings (SSSR count). The van der Waals surface area contributed by atoms with Gasteiger partial charge in [-0.3, -0.25) is 9.08 Å². The molecule has 0 bridgehead atoms. The van der Waals surface area contributed by atoms with Crippen LogP contribution < -0.4 is 0 Å². The van der Waals surface area contributed by atoms with Gasteiger partial charge in [-0.25, -0.2) is 0 Å². The van der Waals surface area contributed by atoms with Gasteiger partial charge in [-0.15, -0.1) is 0 Å². The van der Waals surface area contributed by atoms with Crippen molar-refractivity contribution in [2.75, 3.05) is 20.8 Å². The van der Waals surface area contributed by atoms with Gasteiger partial charge in [0.1, 0.15) is 6.23 Å². The van der Waals surface area contributed by atoms with Crippen LogP contribution in [0.25, 0.3) is 0 Å². The topological polar surface area (TPSA) is 55.8 Å². The molecule has 1 aromatic carbocycles. The van der Waals surface area contributed by atoms with Gasteiger partial charge in [-0.2, -0.15) is 8.42 Å². The second-order valence-electron chi connectivity index (χ2n) is 5.14. The maximum Gasteiger partial charge on any atom is 0.297 e. The Kier molecular flexibility index (Phi) is 4.80. The summed E-state index contributed by atoms with van der Waals surface area (Å²) in [6.07, 6.45) is 1.81. The number of hydrogen-bond donors (Lipinski definition) is 0. The monoisotopic (exact) mass is 299 g/mol. The van der Waals surface area contributed by atoms with E-state index in [0.717, 1.165) is 18.4 Å². The quantitative estimate of drug-likeness (QED) is 0.776. The van der Waals surface area contributed by atoms with E-state index in [4.69, 9.17) is 8.92 Å². The molecule has 1 fully saturated rings. The van der Waals surface area contributed by atoms with E-state index in [1.165, 1.54) is 0 Å². The van der Waals surface area contributed by atoms with Gasteiger partial charge in [-0.05, 0) is 38.9 Å². The normalized spacial score (nSPS) is 24.1. The van der Waals surface area contributed by atoms with Crippen molar-refractivity contribution in [1.82, 2.24) is 4.90 Å². The number of rotatable bonds is 5. The highest BCUT2D eigenvalue weighted by Gasteiger charge is 2.31. The molecule has 0 spiro atoms. The molecule has 1 heterocycles. The summed E-state index contributed by atoms with van der Waals surface area (Å²) in [6, 6.07) is 6.74. The molecule has 5 nitrogen and oxygen atoms in total. The molecule has 1 aliphatic heterocycles. The summed E-state index contributed by atoms with van der Waals surface area (Å²) in [5.41, 5.74) is 1.02. The van der Waals surface area contributed by atoms with E-state index in [0.29, 0.717) is 0 Å². The lowest BCUT2D eigenvalue weighted by Gasteiger charge is -2.24. The summed E-state index contributed by atoms with van der Waals surface area (Å²) in [5, 5.41) is 0. The zero-order valence-electron chi connectivity index (χ0n) is 12.1. The second-order valence-corrected chi connectivity index (χ2v) is 6.75. The lowest BCUT2D eigenvalue weighted by molar-refractivity contribution is -0.00978. The number of nitrogens with zero attached hydrogens (tertiary/aromatic N) is 1. The van der Waals surface area contributed by atoms with Crippen LogP contribution >= 0.6 is 0 Å². The number of hydrogen-bond acceptors (Lipinski definition) is 5. The van der Waals surface area contributed by atoms with Crippen molar-refractivity contribution >= 4 is 10.1 Å². The fourth-order valence-electron chi connectivity index (χ4n) is 2.40. The van der Waals surface area contributed by atoms with Crippen LogP contribution in [0.15, 0.2) is 29.2 Å². The molecule has 0 aromatic heterocycles. The molecule has 0 radical (unpaired) electrons. The third-order valence-corrected chi connectivity index (χ3v) is 5.07. The predicted octanol–water partition coefficient (Wildman–Crippen LogP) is 1.77. The van der Waals surface area contributed by atoms with E-state index >= 15 is 0 Å². The first-order valence-corrected chi connectivity index (χ1v) is 8.05. The number of likely N-dealkylation sites (tertiary alicyclic amines) is 1. The van der Waals surface area contributed by atoms with Crippen LogP contribution in [0.3, 0.4) is 0 Å². The first-order valence-electron chi connectivity index (χ1n) is 6.65. The van der Waals surface area contributed by atoms with Crippen molar-refractivity contribution in [1.29, 1.82) is 0 Å². The van der Waals surface area contributed by atoms with E-state index in [9.17, 15) is 8.42 Å². The molecule has 0 N–H and O–H groups in total. The highest BCUT2D eigenvalue weighted by molar-refractivity contribution is 7.86. The highest BCUT2D eigenvalue weighted by atomic mass is 32.2. The minimum absolute atomic E-state index is 0.0469. The van der Waals surface area contributed by atoms with E-state index in [2.05, 4.69) is 0 Å². The maximum absolute atomic E-state index is 12.1. The summed E-state index contributed by atoms with van der Waals surface area (Å²) in [5.74, 6) is 0. The Morgan fingerprint density at radius 3 is 2.45 bits per heavy atom. The molecule has 6 heteroatoms. The Morgan fingerprint density at radius 1 is 1.25 bits per heavy atom. The summed E-state index contributed by atoms with van der Waals surface area (Å²) in [7, 11) is -0.0952. The maximum atomic E-state index is 12.1. The second kappa shape index (κ2) is 6.22. The van der Waals surface area contributed by atoms with Crippen LogP contribution in [0.1, 0.15) is 18.4 Å². The van der Waals surface area contributed by atoms with Gasteiger partial charge in [-0.1, -0.05) is 17.7 Å². The minimum atomic E-state index is -3.68. The standard InChI is InChI=1S/C14H21NO4S/c1-11-4-7-13(8-5-11)20(16,17)19-10-12-6-9-14(18-3)15(12)2/h4-5,7-8,12,14H,6,9-10H2,1-3H3. The lowest BCUT2D eigenvalue weighted by atomic mass is 10.2. The summed E-state index contributed by atoms with van der Waals surface area (Å²) in [6.45, 7) is 2.07. The van der Waals surface area contributed by atoms with E-state index < -0.39 is 10.1 Å². The summed E-state index contributed by atoms with van der Waals surface area (Å²) >= 11 is 0. The minimum Gasteiger partial charge on any atom is -0.366 e. The molecule has 2 unspecified atom stereocenters. The Bertz CT molecular complexity index is 541. The van der Waals surface area contributed by atoms with Crippen molar-refractivity contribution in [3.05, 3.63) is 29.8 Å². The van der Waals surface area contributed by atoms with Gasteiger partial charge in [0.25, 0.3) is 10.1 Å². The van der Waals surface area contributed by atoms with Crippen LogP contribution in [0, 0.1) is 6.92 Å². The molecule has 20 heavy (non-hydrogen) atoms. The fraction of sp³-hybridized carbons (Fsp3) is 0.571. The Labute approximate surface area is 120 Å². The number of methoxy groups -OCH3 is 1. The van der Waals surface area contributed by atoms with Gasteiger partial charge in [0.15, 0.2) is 0 Å². The van der Waals surface area contributed by atoms with E-state index in [1.807, 2.05) is 18.9 Å². The van der Waals surface area contributed by atoms with Crippen molar-refractivity contribution in [3.8, 4) is 0 Å². The van der Waals surface area contributed by atoms with Crippen LogP contribution in [-0.2, 0) is 19.0 Å². The number of likely N-dealkylation sites (N-methyl/N-ethyl adjacent to an activating group) is 1. The average Bonchev–Trinajstić information content (AvgIpc) is 2.77. The van der Waals surface area contributed by atoms with Gasteiger partial charge < -0.3 is 4.74 Å². The smallest absolute Gasteiger partial charge is 0.297 e. The van der Waals surface area contributed by atoms with Crippen LogP contribution in [0.5, 0.6) is 0 Å². The summed E-state index contributed by atoms with van der Waals surface area (Å²) < 4.78 is 34.7. The molecule has 1 aliphatic rings. The predicted molar refractivity (Wildman–Crippen MR) is 75.9 cm³/mol. The Hall–Kier alpha value is -0.950. The van der Waals surface area contributed by atoms with Gasteiger partial charge >= 0.3 is 0 Å². The molecule has 1 aromatic rings. The van der Waals surface area contributed by atoms with Crippen molar-refractivity contribution in [2.24, 2.45) is 0 Å². The zero-order chi connectivity index (χ0) is 14.8. The molecule has 112 valence electrons. The van der Waals surface area contributed by atoms with E-state index in [-0.39, 0.29) is 23.8 Å². The molecule has 0 saturated carbocycles. The molecule has 0 aliphatic carbocycles. The van der Waals surface area contributed by atoms with E-state index in [1.54, 1.807) is 31.4 Å². The van der Waals surface area contributed by atoms with Crippen LogP contribution in [-0.4, -0.2) is 46.4 Å². The van der Waals surface area contributed by atoms with Gasteiger partial charge in [0.05, 0.1) is 11.5 Å². The number of aryl methyl sites for hydroxylation is 1. The molecule has 1 saturated heterocycles. The third-order valence-electron chi connectivity index (χ3n) is 3.77. The third kappa shape index (κ3) is 3.38. The Morgan fingerprint density at radius 2 is 1.90 bits per heavy atom. The van der Waals surface area contributed by atoms with Crippen LogP contribution in [0.4, 0.5) is 0 Å². The van der Waals surface area contributed by atoms with Gasteiger partial charge in [0, 0.05) is 13.2 Å². The molecule has 0 amide bonds. The first kappa shape index (κ1) is 15.4. The molecular weight excluding hydrogens is 278 g/mol. The van der Waals surface area contributed by atoms with Crippen molar-refractivity contribution < 1.29 is 17.3 Å². The SMILES string of the molecule is COC1CCC(COS(=O)(=O)c2ccc(C)cc2)N1C. The zero-order valence-corrected chi connectivity index (χ0v) is 12.9. The summed E-state index contributed by atoms with van der Waals surface area (Å²) in [4.78, 5) is 2.22. The Balaban J connectivity index is 1.98. The number of ether oxygens (including phenoxy) is 1. The van der Waals surface area contributed by atoms with Crippen LogP contribution in [0.2, 0.25) is 0 Å². The lowest BCUT2D eigenvalue weighted by Crippen LogP contribution is -2.36. The first-order chi connectivity index (χ1) is 9.44. The van der Waals surface area contributed by atoms with Crippen molar-refractivity contribution in [2.45, 2.75) is 36.9 Å².